The molecule has 1 heterocycles. The van der Waals surface area contributed by atoms with Crippen LogP contribution in [-0.4, -0.2) is 28.6 Å². The van der Waals surface area contributed by atoms with Gasteiger partial charge in [0, 0.05) is 12.6 Å². The van der Waals surface area contributed by atoms with Gasteiger partial charge in [-0.05, 0) is 55.8 Å². The summed E-state index contributed by atoms with van der Waals surface area (Å²) in [4.78, 5) is 13.5. The van der Waals surface area contributed by atoms with Gasteiger partial charge in [-0.3, -0.25) is 4.90 Å². The van der Waals surface area contributed by atoms with E-state index in [0.29, 0.717) is 5.56 Å². The Labute approximate surface area is 120 Å². The quantitative estimate of drug-likeness (QED) is 0.915. The Morgan fingerprint density at radius 1 is 1.10 bits per heavy atom. The molecule has 0 radical (unpaired) electrons. The highest BCUT2D eigenvalue weighted by molar-refractivity contribution is 5.87. The minimum absolute atomic E-state index is 0.378. The van der Waals surface area contributed by atoms with Gasteiger partial charge < -0.3 is 5.11 Å². The zero-order chi connectivity index (χ0) is 13.9. The van der Waals surface area contributed by atoms with E-state index in [2.05, 4.69) is 4.90 Å². The molecule has 1 saturated heterocycles. The van der Waals surface area contributed by atoms with E-state index >= 15 is 0 Å². The van der Waals surface area contributed by atoms with Crippen LogP contribution in [0.2, 0.25) is 0 Å². The normalized spacial score (nSPS) is 27.0. The van der Waals surface area contributed by atoms with Crippen LogP contribution in [0.1, 0.15) is 54.4 Å². The molecule has 1 saturated carbocycles. The summed E-state index contributed by atoms with van der Waals surface area (Å²) in [5.41, 5.74) is 1.61. The van der Waals surface area contributed by atoms with E-state index in [1.807, 2.05) is 12.1 Å². The summed E-state index contributed by atoms with van der Waals surface area (Å²) >= 11 is 0. The van der Waals surface area contributed by atoms with E-state index in [-0.39, 0.29) is 0 Å². The third kappa shape index (κ3) is 2.88. The summed E-state index contributed by atoms with van der Waals surface area (Å²) in [7, 11) is 0. The standard InChI is InChI=1S/C17H23NO2/c19-17(20)15-9-7-13(8-10-15)12-18-11-3-5-14-4-1-2-6-16(14)18/h7-10,14,16H,1-6,11-12H2,(H,19,20). The minimum atomic E-state index is -0.845. The monoisotopic (exact) mass is 273 g/mol. The van der Waals surface area contributed by atoms with Crippen LogP contribution in [0.25, 0.3) is 0 Å². The smallest absolute Gasteiger partial charge is 0.335 e. The first-order chi connectivity index (χ1) is 9.74. The van der Waals surface area contributed by atoms with Gasteiger partial charge in [-0.1, -0.05) is 25.0 Å². The van der Waals surface area contributed by atoms with Crippen molar-refractivity contribution in [3.8, 4) is 0 Å². The average Bonchev–Trinajstić information content (AvgIpc) is 2.48. The maximum Gasteiger partial charge on any atom is 0.335 e. The van der Waals surface area contributed by atoms with Crippen molar-refractivity contribution in [2.45, 2.75) is 51.1 Å². The molecule has 1 aliphatic heterocycles. The zero-order valence-electron chi connectivity index (χ0n) is 11.9. The van der Waals surface area contributed by atoms with Crippen LogP contribution < -0.4 is 0 Å². The second-order valence-electron chi connectivity index (χ2n) is 6.23. The molecule has 0 aromatic heterocycles. The molecule has 1 aromatic rings. The van der Waals surface area contributed by atoms with Gasteiger partial charge >= 0.3 is 5.97 Å². The lowest BCUT2D eigenvalue weighted by Gasteiger charge is -2.44. The molecule has 1 aromatic carbocycles. The number of aromatic carboxylic acids is 1. The largest absolute Gasteiger partial charge is 0.478 e. The molecular weight excluding hydrogens is 250 g/mol. The van der Waals surface area contributed by atoms with Crippen molar-refractivity contribution >= 4 is 5.97 Å². The summed E-state index contributed by atoms with van der Waals surface area (Å²) in [5, 5.41) is 8.94. The maximum absolute atomic E-state index is 10.9. The van der Waals surface area contributed by atoms with Crippen LogP contribution in [-0.2, 0) is 6.54 Å². The fraction of sp³-hybridized carbons (Fsp3) is 0.588. The van der Waals surface area contributed by atoms with Crippen molar-refractivity contribution in [1.82, 2.24) is 4.90 Å². The summed E-state index contributed by atoms with van der Waals surface area (Å²) in [6.07, 6.45) is 8.24. The molecule has 1 aliphatic carbocycles. The van der Waals surface area contributed by atoms with Crippen LogP contribution in [0.4, 0.5) is 0 Å². The Morgan fingerprint density at radius 3 is 2.55 bits per heavy atom. The number of piperidine rings is 1. The number of benzene rings is 1. The molecule has 3 rings (SSSR count). The number of nitrogens with zero attached hydrogens (tertiary/aromatic N) is 1. The summed E-state index contributed by atoms with van der Waals surface area (Å²) in [6, 6.07) is 8.14. The van der Waals surface area contributed by atoms with Gasteiger partial charge in [0.1, 0.15) is 0 Å². The second-order valence-corrected chi connectivity index (χ2v) is 6.23. The number of carboxylic acids is 1. The Kier molecular flexibility index (Phi) is 4.06. The van der Waals surface area contributed by atoms with E-state index in [1.165, 1.54) is 50.6 Å². The van der Waals surface area contributed by atoms with Gasteiger partial charge in [0.25, 0.3) is 0 Å². The Morgan fingerprint density at radius 2 is 1.80 bits per heavy atom. The first-order valence-electron chi connectivity index (χ1n) is 7.80. The fourth-order valence-electron chi connectivity index (χ4n) is 3.91. The summed E-state index contributed by atoms with van der Waals surface area (Å²) < 4.78 is 0. The van der Waals surface area contributed by atoms with E-state index in [9.17, 15) is 4.79 Å². The van der Waals surface area contributed by atoms with Crippen molar-refractivity contribution in [2.75, 3.05) is 6.54 Å². The van der Waals surface area contributed by atoms with Crippen molar-refractivity contribution in [2.24, 2.45) is 5.92 Å². The molecule has 108 valence electrons. The number of hydrogen-bond donors (Lipinski definition) is 1. The van der Waals surface area contributed by atoms with Crippen molar-refractivity contribution in [3.05, 3.63) is 35.4 Å². The Hall–Kier alpha value is -1.35. The van der Waals surface area contributed by atoms with Crippen molar-refractivity contribution in [3.63, 3.8) is 0 Å². The lowest BCUT2D eigenvalue weighted by Crippen LogP contribution is -2.46. The predicted octanol–water partition coefficient (Wildman–Crippen LogP) is 3.54. The van der Waals surface area contributed by atoms with E-state index in [1.54, 1.807) is 12.1 Å². The minimum Gasteiger partial charge on any atom is -0.478 e. The lowest BCUT2D eigenvalue weighted by atomic mass is 9.78. The SMILES string of the molecule is O=C(O)c1ccc(CN2CCCC3CCCCC32)cc1. The second kappa shape index (κ2) is 5.96. The van der Waals surface area contributed by atoms with Crippen LogP contribution in [0, 0.1) is 5.92 Å². The molecular formula is C17H23NO2. The van der Waals surface area contributed by atoms with Gasteiger partial charge in [0.05, 0.1) is 5.56 Å². The summed E-state index contributed by atoms with van der Waals surface area (Å²) in [6.45, 7) is 2.17. The zero-order valence-corrected chi connectivity index (χ0v) is 11.9. The average molecular weight is 273 g/mol. The predicted molar refractivity (Wildman–Crippen MR) is 78.8 cm³/mol. The lowest BCUT2D eigenvalue weighted by molar-refractivity contribution is 0.0547. The van der Waals surface area contributed by atoms with E-state index < -0.39 is 5.97 Å². The van der Waals surface area contributed by atoms with E-state index in [0.717, 1.165) is 18.5 Å². The number of hydrogen-bond acceptors (Lipinski definition) is 2. The van der Waals surface area contributed by atoms with Crippen LogP contribution >= 0.6 is 0 Å². The van der Waals surface area contributed by atoms with Gasteiger partial charge in [0.2, 0.25) is 0 Å². The molecule has 2 atom stereocenters. The van der Waals surface area contributed by atoms with Crippen molar-refractivity contribution in [1.29, 1.82) is 0 Å². The van der Waals surface area contributed by atoms with Gasteiger partial charge in [-0.15, -0.1) is 0 Å². The Bertz CT molecular complexity index is 466. The molecule has 3 nitrogen and oxygen atoms in total. The topological polar surface area (TPSA) is 40.5 Å². The third-order valence-electron chi connectivity index (χ3n) is 4.94. The maximum atomic E-state index is 10.9. The highest BCUT2D eigenvalue weighted by atomic mass is 16.4. The molecule has 2 aliphatic rings. The molecule has 3 heteroatoms. The number of fused-ring (bicyclic) bond motifs is 1. The molecule has 2 fully saturated rings. The number of likely N-dealkylation sites (tertiary alicyclic amines) is 1. The van der Waals surface area contributed by atoms with Crippen LogP contribution in [0.15, 0.2) is 24.3 Å². The molecule has 0 amide bonds. The highest BCUT2D eigenvalue weighted by Crippen LogP contribution is 2.35. The first-order valence-corrected chi connectivity index (χ1v) is 7.80. The van der Waals surface area contributed by atoms with Crippen LogP contribution in [0.3, 0.4) is 0 Å². The number of rotatable bonds is 3. The molecule has 2 unspecified atom stereocenters. The van der Waals surface area contributed by atoms with E-state index in [4.69, 9.17) is 5.11 Å². The molecule has 1 N–H and O–H groups in total. The first kappa shape index (κ1) is 13.6. The third-order valence-corrected chi connectivity index (χ3v) is 4.94. The van der Waals surface area contributed by atoms with Crippen molar-refractivity contribution < 1.29 is 9.90 Å². The Balaban J connectivity index is 1.68. The molecule has 20 heavy (non-hydrogen) atoms. The van der Waals surface area contributed by atoms with Gasteiger partial charge in [-0.25, -0.2) is 4.79 Å². The van der Waals surface area contributed by atoms with Gasteiger partial charge in [0.15, 0.2) is 0 Å². The summed E-state index contributed by atoms with van der Waals surface area (Å²) in [5.74, 6) is 0.0534. The number of carboxylic acid groups (broad SMARTS) is 1. The number of carbonyl (C=O) groups is 1. The highest BCUT2D eigenvalue weighted by Gasteiger charge is 2.32. The van der Waals surface area contributed by atoms with Gasteiger partial charge in [-0.2, -0.15) is 0 Å². The van der Waals surface area contributed by atoms with Crippen LogP contribution in [0.5, 0.6) is 0 Å². The molecule has 0 spiro atoms. The molecule has 0 bridgehead atoms. The fourth-order valence-corrected chi connectivity index (χ4v) is 3.91.